The van der Waals surface area contributed by atoms with E-state index < -0.39 is 36.8 Å². The van der Waals surface area contributed by atoms with Crippen LogP contribution in [0.1, 0.15) is 40.9 Å². The maximum atomic E-state index is 13.5. The Balaban J connectivity index is 1.04. The van der Waals surface area contributed by atoms with Crippen molar-refractivity contribution in [3.63, 3.8) is 0 Å². The second-order valence-corrected chi connectivity index (χ2v) is 11.0. The monoisotopic (exact) mass is 635 g/mol. The highest BCUT2D eigenvalue weighted by atomic mass is 19.3. The minimum Gasteiger partial charge on any atom is -0.436 e. The molecule has 236 valence electrons. The Morgan fingerprint density at radius 1 is 1.00 bits per heavy atom. The molecule has 16 heteroatoms. The summed E-state index contributed by atoms with van der Waals surface area (Å²) in [5.74, 6) is -5.01. The van der Waals surface area contributed by atoms with Gasteiger partial charge in [0.15, 0.2) is 11.4 Å². The van der Waals surface area contributed by atoms with Crippen LogP contribution in [0.4, 0.5) is 23.2 Å². The molecule has 2 fully saturated rings. The molecule has 1 N–H and O–H groups in total. The number of benzene rings is 2. The van der Waals surface area contributed by atoms with Crippen LogP contribution in [0.25, 0.3) is 22.6 Å². The normalized spacial score (nSPS) is 18.5. The summed E-state index contributed by atoms with van der Waals surface area (Å²) in [5.41, 5.74) is 2.59. The fraction of sp³-hybridized carbons (Fsp3) is 0.300. The molecule has 4 heterocycles. The third kappa shape index (κ3) is 5.78. The van der Waals surface area contributed by atoms with Crippen LogP contribution in [0.3, 0.4) is 0 Å². The average Bonchev–Trinajstić information content (AvgIpc) is 3.39. The number of alkyl halides is 4. The molecular formula is C30H25F4N9O3. The molecule has 1 saturated carbocycles. The summed E-state index contributed by atoms with van der Waals surface area (Å²) in [7, 11) is 0. The summed E-state index contributed by atoms with van der Waals surface area (Å²) in [6.45, 7) is -1.42. The molecule has 2 aromatic carbocycles. The predicted octanol–water partition coefficient (Wildman–Crippen LogP) is 4.41. The topological polar surface area (TPSA) is 135 Å². The van der Waals surface area contributed by atoms with Gasteiger partial charge in [-0.2, -0.15) is 8.78 Å². The van der Waals surface area contributed by atoms with E-state index in [1.807, 2.05) is 35.2 Å². The number of carbonyl (C=O) groups excluding carboxylic acids is 2. The number of hydrogen-bond acceptors (Lipinski definition) is 9. The number of halogens is 4. The lowest BCUT2D eigenvalue weighted by molar-refractivity contribution is -0.119. The van der Waals surface area contributed by atoms with Gasteiger partial charge in [-0.1, -0.05) is 35.1 Å². The first kappa shape index (κ1) is 29.5. The van der Waals surface area contributed by atoms with Crippen LogP contribution in [-0.2, 0) is 4.79 Å². The van der Waals surface area contributed by atoms with Crippen molar-refractivity contribution in [1.29, 1.82) is 0 Å². The Morgan fingerprint density at radius 2 is 1.76 bits per heavy atom. The van der Waals surface area contributed by atoms with Crippen LogP contribution in [0.15, 0.2) is 71.3 Å². The maximum absolute atomic E-state index is 13.5. The van der Waals surface area contributed by atoms with Crippen molar-refractivity contribution >= 4 is 28.6 Å². The quantitative estimate of drug-likeness (QED) is 0.246. The molecule has 1 saturated heterocycles. The van der Waals surface area contributed by atoms with E-state index in [0.29, 0.717) is 48.5 Å². The van der Waals surface area contributed by atoms with E-state index in [4.69, 9.17) is 4.42 Å². The number of anilines is 1. The summed E-state index contributed by atoms with van der Waals surface area (Å²) in [6, 6.07) is 16.6. The minimum atomic E-state index is -2.97. The number of fused-ring (bicyclic) bond motifs is 1. The molecule has 2 atom stereocenters. The van der Waals surface area contributed by atoms with Crippen molar-refractivity contribution in [1.82, 2.24) is 40.0 Å². The van der Waals surface area contributed by atoms with Crippen LogP contribution in [0, 0.1) is 5.92 Å². The van der Waals surface area contributed by atoms with Crippen molar-refractivity contribution in [2.45, 2.75) is 24.9 Å². The van der Waals surface area contributed by atoms with Gasteiger partial charge in [-0.15, -0.1) is 10.2 Å². The number of amides is 2. The summed E-state index contributed by atoms with van der Waals surface area (Å²) < 4.78 is 58.7. The smallest absolute Gasteiger partial charge is 0.350 e. The van der Waals surface area contributed by atoms with Crippen LogP contribution < -0.4 is 5.32 Å². The van der Waals surface area contributed by atoms with Crippen LogP contribution in [-0.4, -0.2) is 83.9 Å². The number of rotatable bonds is 8. The number of oxazole rings is 1. The molecule has 0 bridgehead atoms. The zero-order valence-corrected chi connectivity index (χ0v) is 23.9. The van der Waals surface area contributed by atoms with Gasteiger partial charge in [0.1, 0.15) is 17.1 Å². The number of piperazine rings is 1. The van der Waals surface area contributed by atoms with Gasteiger partial charge < -0.3 is 14.6 Å². The molecule has 0 radical (unpaired) electrons. The Morgan fingerprint density at radius 3 is 2.46 bits per heavy atom. The summed E-state index contributed by atoms with van der Waals surface area (Å²) in [5, 5.41) is 13.8. The largest absolute Gasteiger partial charge is 0.436 e. The number of nitrogens with zero attached hydrogens (tertiary/aromatic N) is 8. The lowest BCUT2D eigenvalue weighted by atomic mass is 10.0. The number of carbonyl (C=O) groups is 2. The van der Waals surface area contributed by atoms with Crippen molar-refractivity contribution in [2.24, 2.45) is 5.92 Å². The first-order valence-corrected chi connectivity index (χ1v) is 14.4. The number of nitrogens with one attached hydrogen (secondary N) is 1. The van der Waals surface area contributed by atoms with E-state index in [1.54, 1.807) is 23.1 Å². The number of tetrazole rings is 1. The van der Waals surface area contributed by atoms with Crippen molar-refractivity contribution < 1.29 is 31.6 Å². The second-order valence-electron chi connectivity index (χ2n) is 11.0. The molecule has 3 aromatic heterocycles. The summed E-state index contributed by atoms with van der Waals surface area (Å²) in [6.07, 6.45) is 1.01. The lowest BCUT2D eigenvalue weighted by Crippen LogP contribution is -2.50. The molecule has 0 unspecified atom stereocenters. The van der Waals surface area contributed by atoms with E-state index in [0.717, 1.165) is 5.56 Å². The first-order chi connectivity index (χ1) is 22.2. The van der Waals surface area contributed by atoms with Gasteiger partial charge >= 0.3 is 6.55 Å². The fourth-order valence-electron chi connectivity index (χ4n) is 5.47. The predicted molar refractivity (Wildman–Crippen MR) is 154 cm³/mol. The highest BCUT2D eigenvalue weighted by Gasteiger charge is 2.61. The van der Waals surface area contributed by atoms with E-state index >= 15 is 0 Å². The van der Waals surface area contributed by atoms with Gasteiger partial charge in [-0.05, 0) is 41.1 Å². The molecular weight excluding hydrogens is 610 g/mol. The van der Waals surface area contributed by atoms with Crippen molar-refractivity contribution in [3.05, 3.63) is 83.9 Å². The van der Waals surface area contributed by atoms with E-state index in [-0.39, 0.29) is 28.1 Å². The number of pyridine rings is 1. The third-order valence-electron chi connectivity index (χ3n) is 7.97. The SMILES string of the molecule is O=C(Nc1ccc2oc(-c3ccnc(C(=O)N4CCN([C@H](c5ccccc5)c5nnn(C(F)F)n5)CC4)c3)nc2c1)[C@@H]1CC1(F)F. The lowest BCUT2D eigenvalue weighted by Gasteiger charge is -2.38. The Bertz CT molecular complexity index is 1910. The Kier molecular flexibility index (Phi) is 7.43. The number of hydrogen-bond donors (Lipinski definition) is 1. The van der Waals surface area contributed by atoms with Crippen LogP contribution in [0.2, 0.25) is 0 Å². The van der Waals surface area contributed by atoms with Gasteiger partial charge in [0.25, 0.3) is 11.8 Å². The van der Waals surface area contributed by atoms with Crippen molar-refractivity contribution in [3.8, 4) is 11.5 Å². The van der Waals surface area contributed by atoms with Crippen LogP contribution in [0.5, 0.6) is 0 Å². The maximum Gasteiger partial charge on any atom is 0.350 e. The number of aromatic nitrogens is 6. The molecule has 2 amide bonds. The molecule has 7 rings (SSSR count). The summed E-state index contributed by atoms with van der Waals surface area (Å²) in [4.78, 5) is 38.2. The van der Waals surface area contributed by atoms with Crippen molar-refractivity contribution in [2.75, 3.05) is 31.5 Å². The van der Waals surface area contributed by atoms with Gasteiger partial charge in [0.05, 0.1) is 6.04 Å². The van der Waals surface area contributed by atoms with Gasteiger partial charge in [-0.3, -0.25) is 19.5 Å². The van der Waals surface area contributed by atoms with E-state index in [9.17, 15) is 27.2 Å². The Hall–Kier alpha value is -5.25. The zero-order chi connectivity index (χ0) is 32.0. The molecule has 1 aliphatic heterocycles. The molecule has 1 aliphatic carbocycles. The zero-order valence-electron chi connectivity index (χ0n) is 23.9. The first-order valence-electron chi connectivity index (χ1n) is 14.4. The van der Waals surface area contributed by atoms with E-state index in [1.165, 1.54) is 18.3 Å². The highest BCUT2D eigenvalue weighted by Crippen LogP contribution is 2.49. The Labute approximate surface area is 258 Å². The molecule has 46 heavy (non-hydrogen) atoms. The minimum absolute atomic E-state index is 0.137. The van der Waals surface area contributed by atoms with Gasteiger partial charge in [-0.25, -0.2) is 13.8 Å². The molecule has 2 aliphatic rings. The summed E-state index contributed by atoms with van der Waals surface area (Å²) >= 11 is 0. The van der Waals surface area contributed by atoms with Gasteiger partial charge in [0, 0.05) is 50.0 Å². The third-order valence-corrected chi connectivity index (χ3v) is 7.97. The molecule has 12 nitrogen and oxygen atoms in total. The van der Waals surface area contributed by atoms with E-state index in [2.05, 4.69) is 30.7 Å². The van der Waals surface area contributed by atoms with Crippen LogP contribution >= 0.6 is 0 Å². The standard InChI is InChI=1S/C30H25F4N9O3/c31-29(32)43-39-25(38-40-43)24(17-4-2-1-3-5-17)41-10-12-42(13-11-41)28(45)22-14-18(8-9-35-22)27-37-21-15-19(6-7-23(21)46-27)36-26(44)20-16-30(20,33)34/h1-9,14-15,20,24,29H,10-13,16H2,(H,36,44)/t20-,24+/m0/s1. The average molecular weight is 636 g/mol. The molecule has 5 aromatic rings. The fourth-order valence-corrected chi connectivity index (χ4v) is 5.47. The second kappa shape index (κ2) is 11.6. The van der Waals surface area contributed by atoms with Gasteiger partial charge in [0.2, 0.25) is 11.8 Å². The highest BCUT2D eigenvalue weighted by molar-refractivity contribution is 5.97. The molecule has 0 spiro atoms.